The number of aliphatic hydroxyl groups excluding tert-OH is 1. The summed E-state index contributed by atoms with van der Waals surface area (Å²) in [5.74, 6) is -0.0245. The SMILES string of the molecule is CCCCOc1cc([N+](=O)[O-])c(C(=O)N2Cc3ccccc3C[C@H]2CO)cc1OC. The Balaban J connectivity index is 1.98. The zero-order chi connectivity index (χ0) is 21.7. The maximum atomic E-state index is 13.4. The van der Waals surface area contributed by atoms with Crippen molar-refractivity contribution < 1.29 is 24.3 Å². The van der Waals surface area contributed by atoms with Crippen molar-refractivity contribution in [2.75, 3.05) is 20.3 Å². The first-order valence-electron chi connectivity index (χ1n) is 9.98. The van der Waals surface area contributed by atoms with Gasteiger partial charge in [-0.25, -0.2) is 0 Å². The van der Waals surface area contributed by atoms with Gasteiger partial charge in [0.1, 0.15) is 5.56 Å². The van der Waals surface area contributed by atoms with Crippen LogP contribution in [0.3, 0.4) is 0 Å². The van der Waals surface area contributed by atoms with Gasteiger partial charge in [-0.05, 0) is 24.0 Å². The lowest BCUT2D eigenvalue weighted by molar-refractivity contribution is -0.385. The molecule has 0 radical (unpaired) electrons. The lowest BCUT2D eigenvalue weighted by Gasteiger charge is -2.36. The lowest BCUT2D eigenvalue weighted by atomic mass is 9.93. The zero-order valence-electron chi connectivity index (χ0n) is 17.2. The topological polar surface area (TPSA) is 102 Å². The molecule has 0 saturated heterocycles. The van der Waals surface area contributed by atoms with Gasteiger partial charge >= 0.3 is 0 Å². The number of carbonyl (C=O) groups is 1. The number of nitro benzene ring substituents is 1. The van der Waals surface area contributed by atoms with Gasteiger partial charge < -0.3 is 19.5 Å². The summed E-state index contributed by atoms with van der Waals surface area (Å²) in [5, 5.41) is 21.6. The summed E-state index contributed by atoms with van der Waals surface area (Å²) < 4.78 is 11.0. The second-order valence-electron chi connectivity index (χ2n) is 7.22. The fraction of sp³-hybridized carbons (Fsp3) is 0.409. The molecule has 30 heavy (non-hydrogen) atoms. The van der Waals surface area contributed by atoms with E-state index in [0.717, 1.165) is 24.0 Å². The lowest BCUT2D eigenvalue weighted by Crippen LogP contribution is -2.46. The summed E-state index contributed by atoms with van der Waals surface area (Å²) in [5.41, 5.74) is 1.59. The molecule has 0 unspecified atom stereocenters. The molecule has 2 aromatic carbocycles. The minimum Gasteiger partial charge on any atom is -0.493 e. The van der Waals surface area contributed by atoms with Gasteiger partial charge in [-0.1, -0.05) is 37.6 Å². The van der Waals surface area contributed by atoms with E-state index >= 15 is 0 Å². The van der Waals surface area contributed by atoms with Gasteiger partial charge in [0.15, 0.2) is 11.5 Å². The summed E-state index contributed by atoms with van der Waals surface area (Å²) in [7, 11) is 1.43. The molecule has 160 valence electrons. The molecule has 0 saturated carbocycles. The molecule has 8 nitrogen and oxygen atoms in total. The molecule has 1 atom stereocenters. The molecule has 1 N–H and O–H groups in total. The van der Waals surface area contributed by atoms with E-state index in [1.54, 1.807) is 0 Å². The van der Waals surface area contributed by atoms with E-state index in [1.165, 1.54) is 24.1 Å². The molecule has 2 aromatic rings. The Bertz CT molecular complexity index is 930. The van der Waals surface area contributed by atoms with Crippen LogP contribution in [0.25, 0.3) is 0 Å². The number of benzene rings is 2. The summed E-state index contributed by atoms with van der Waals surface area (Å²) in [6, 6.07) is 9.83. The highest BCUT2D eigenvalue weighted by atomic mass is 16.6. The first-order valence-corrected chi connectivity index (χ1v) is 9.98. The average Bonchev–Trinajstić information content (AvgIpc) is 2.77. The maximum absolute atomic E-state index is 13.4. The summed E-state index contributed by atoms with van der Waals surface area (Å²) in [6.07, 6.45) is 2.20. The summed E-state index contributed by atoms with van der Waals surface area (Å²) in [6.45, 7) is 2.45. The molecular formula is C22H26N2O6. The fourth-order valence-corrected chi connectivity index (χ4v) is 3.61. The van der Waals surface area contributed by atoms with E-state index in [-0.39, 0.29) is 35.9 Å². The average molecular weight is 414 g/mol. The Morgan fingerprint density at radius 2 is 2.00 bits per heavy atom. The number of methoxy groups -OCH3 is 1. The number of nitro groups is 1. The van der Waals surface area contributed by atoms with Crippen LogP contribution >= 0.6 is 0 Å². The number of carbonyl (C=O) groups excluding carboxylic acids is 1. The molecular weight excluding hydrogens is 388 g/mol. The molecule has 3 rings (SSSR count). The van der Waals surface area contributed by atoms with Crippen molar-refractivity contribution in [3.63, 3.8) is 0 Å². The predicted octanol–water partition coefficient (Wildman–Crippen LogP) is 3.34. The number of hydrogen-bond acceptors (Lipinski definition) is 6. The number of rotatable bonds is 8. The highest BCUT2D eigenvalue weighted by molar-refractivity contribution is 5.99. The Kier molecular flexibility index (Phi) is 6.89. The van der Waals surface area contributed by atoms with Crippen molar-refractivity contribution in [3.05, 3.63) is 63.2 Å². The van der Waals surface area contributed by atoms with Crippen LogP contribution in [0.4, 0.5) is 5.69 Å². The molecule has 8 heteroatoms. The van der Waals surface area contributed by atoms with E-state index < -0.39 is 16.9 Å². The minimum atomic E-state index is -0.592. The Morgan fingerprint density at radius 3 is 2.63 bits per heavy atom. The molecule has 0 aliphatic carbocycles. The second-order valence-corrected chi connectivity index (χ2v) is 7.22. The van der Waals surface area contributed by atoms with Gasteiger partial charge in [0.05, 0.1) is 37.4 Å². The van der Waals surface area contributed by atoms with Crippen LogP contribution in [0.15, 0.2) is 36.4 Å². The van der Waals surface area contributed by atoms with Gasteiger partial charge in [-0.2, -0.15) is 0 Å². The number of unbranched alkanes of at least 4 members (excludes halogenated alkanes) is 1. The number of fused-ring (bicyclic) bond motifs is 1. The van der Waals surface area contributed by atoms with Crippen molar-refractivity contribution >= 4 is 11.6 Å². The van der Waals surface area contributed by atoms with Gasteiger partial charge in [0, 0.05) is 12.6 Å². The number of aliphatic hydroxyl groups is 1. The van der Waals surface area contributed by atoms with E-state index in [2.05, 4.69) is 0 Å². The van der Waals surface area contributed by atoms with E-state index in [0.29, 0.717) is 13.0 Å². The van der Waals surface area contributed by atoms with Crippen LogP contribution in [0.2, 0.25) is 0 Å². The quantitative estimate of drug-likeness (QED) is 0.404. The molecule has 0 spiro atoms. The minimum absolute atomic E-state index is 0.0856. The third-order valence-corrected chi connectivity index (χ3v) is 5.29. The van der Waals surface area contributed by atoms with Crippen molar-refractivity contribution in [3.8, 4) is 11.5 Å². The Hall–Kier alpha value is -3.13. The number of ether oxygens (including phenoxy) is 2. The normalized spacial score (nSPS) is 15.4. The van der Waals surface area contributed by atoms with Crippen LogP contribution in [0, 0.1) is 10.1 Å². The summed E-state index contributed by atoms with van der Waals surface area (Å²) in [4.78, 5) is 26.0. The Labute approximate surface area is 175 Å². The van der Waals surface area contributed by atoms with Crippen molar-refractivity contribution in [2.45, 2.75) is 38.8 Å². The number of hydrogen-bond donors (Lipinski definition) is 1. The predicted molar refractivity (Wildman–Crippen MR) is 111 cm³/mol. The molecule has 1 aliphatic heterocycles. The molecule has 0 fully saturated rings. The van der Waals surface area contributed by atoms with Crippen LogP contribution in [0.5, 0.6) is 11.5 Å². The van der Waals surface area contributed by atoms with Crippen LogP contribution in [-0.2, 0) is 13.0 Å². The maximum Gasteiger partial charge on any atom is 0.286 e. The fourth-order valence-electron chi connectivity index (χ4n) is 3.61. The van der Waals surface area contributed by atoms with Gasteiger partial charge in [-0.15, -0.1) is 0 Å². The van der Waals surface area contributed by atoms with Gasteiger partial charge in [0.25, 0.3) is 11.6 Å². The van der Waals surface area contributed by atoms with E-state index in [1.807, 2.05) is 31.2 Å². The third kappa shape index (κ3) is 4.38. The monoisotopic (exact) mass is 414 g/mol. The second kappa shape index (κ2) is 9.58. The third-order valence-electron chi connectivity index (χ3n) is 5.29. The van der Waals surface area contributed by atoms with E-state index in [9.17, 15) is 20.0 Å². The molecule has 1 heterocycles. The molecule has 1 amide bonds. The highest BCUT2D eigenvalue weighted by Crippen LogP contribution is 2.36. The van der Waals surface area contributed by atoms with Crippen LogP contribution in [0.1, 0.15) is 41.3 Å². The van der Waals surface area contributed by atoms with Crippen LogP contribution < -0.4 is 9.47 Å². The van der Waals surface area contributed by atoms with Crippen LogP contribution in [-0.4, -0.2) is 47.2 Å². The van der Waals surface area contributed by atoms with Gasteiger partial charge in [-0.3, -0.25) is 14.9 Å². The highest BCUT2D eigenvalue weighted by Gasteiger charge is 2.34. The number of nitrogens with zero attached hydrogens (tertiary/aromatic N) is 2. The largest absolute Gasteiger partial charge is 0.493 e. The smallest absolute Gasteiger partial charge is 0.286 e. The first kappa shape index (κ1) is 21.6. The van der Waals surface area contributed by atoms with Gasteiger partial charge in [0.2, 0.25) is 0 Å². The molecule has 0 aromatic heterocycles. The molecule has 0 bridgehead atoms. The van der Waals surface area contributed by atoms with E-state index in [4.69, 9.17) is 9.47 Å². The zero-order valence-corrected chi connectivity index (χ0v) is 17.2. The first-order chi connectivity index (χ1) is 14.5. The number of amides is 1. The van der Waals surface area contributed by atoms with Crippen molar-refractivity contribution in [2.24, 2.45) is 0 Å². The standard InChI is InChI=1S/C22H26N2O6/c1-3-4-9-30-21-12-19(24(27)28)18(11-20(21)29-2)22(26)23-13-16-8-6-5-7-15(16)10-17(23)14-25/h5-8,11-12,17,25H,3-4,9-10,13-14H2,1-2H3/t17-/m0/s1. The summed E-state index contributed by atoms with van der Waals surface area (Å²) >= 11 is 0. The van der Waals surface area contributed by atoms with Crippen molar-refractivity contribution in [1.82, 2.24) is 4.90 Å². The van der Waals surface area contributed by atoms with Crippen molar-refractivity contribution in [1.29, 1.82) is 0 Å². The molecule has 1 aliphatic rings. The Morgan fingerprint density at radius 1 is 1.27 bits per heavy atom.